The van der Waals surface area contributed by atoms with E-state index >= 15 is 0 Å². The van der Waals surface area contributed by atoms with Crippen LogP contribution in [0.3, 0.4) is 0 Å². The van der Waals surface area contributed by atoms with Gasteiger partial charge in [-0.1, -0.05) is 12.1 Å². The highest BCUT2D eigenvalue weighted by atomic mass is 16.5. The number of benzene rings is 1. The fourth-order valence-electron chi connectivity index (χ4n) is 4.33. The van der Waals surface area contributed by atoms with E-state index in [1.807, 2.05) is 58.0 Å². The molecule has 4 aromatic rings. The Hall–Kier alpha value is -4.02. The highest BCUT2D eigenvalue weighted by molar-refractivity contribution is 6.06. The number of amides is 1. The normalized spacial score (nSPS) is 12.2. The summed E-state index contributed by atoms with van der Waals surface area (Å²) in [5.41, 5.74) is 4.21. The summed E-state index contributed by atoms with van der Waals surface area (Å²) in [6.07, 6.45) is 1.01. The maximum absolute atomic E-state index is 13.4. The number of H-pyrrole nitrogens is 1. The molecule has 1 aromatic carbocycles. The van der Waals surface area contributed by atoms with Crippen molar-refractivity contribution < 1.29 is 14.6 Å². The summed E-state index contributed by atoms with van der Waals surface area (Å²) in [6, 6.07) is 11.0. The Morgan fingerprint density at radius 2 is 2.00 bits per heavy atom. The van der Waals surface area contributed by atoms with Gasteiger partial charge in [-0.3, -0.25) is 9.59 Å². The molecule has 0 aliphatic heterocycles. The van der Waals surface area contributed by atoms with E-state index in [-0.39, 0.29) is 30.7 Å². The highest BCUT2D eigenvalue weighted by Crippen LogP contribution is 2.28. The van der Waals surface area contributed by atoms with Gasteiger partial charge in [0.25, 0.3) is 11.5 Å². The van der Waals surface area contributed by atoms with Crippen LogP contribution in [0.1, 0.15) is 47.1 Å². The zero-order valence-electron chi connectivity index (χ0n) is 22.3. The molecule has 1 amide bonds. The maximum Gasteiger partial charge on any atom is 0.253 e. The van der Waals surface area contributed by atoms with Gasteiger partial charge >= 0.3 is 0 Å². The molecule has 3 aromatic heterocycles. The standard InChI is InChI=1S/C28H34N6O4/c1-16(2)34-26-24(14-31-34)22(27(36)30-13-23-17(3)9-18(4)32-28(23)37)11-25(33-26)19-7-6-8-21(10-19)38-15-20(35)12-29-5/h6-11,14,16,20,29,35H,12-13,15H2,1-5H3,(H,30,36)(H,32,37). The number of aromatic nitrogens is 4. The van der Waals surface area contributed by atoms with Crippen molar-refractivity contribution in [3.63, 3.8) is 0 Å². The van der Waals surface area contributed by atoms with Crippen LogP contribution in [0.15, 0.2) is 47.4 Å². The lowest BCUT2D eigenvalue weighted by Crippen LogP contribution is -2.29. The Kier molecular flexibility index (Phi) is 8.23. The smallest absolute Gasteiger partial charge is 0.253 e. The zero-order chi connectivity index (χ0) is 27.4. The molecule has 4 N–H and O–H groups in total. The number of aromatic amines is 1. The minimum absolute atomic E-state index is 0.0308. The molecule has 0 aliphatic rings. The maximum atomic E-state index is 13.4. The minimum atomic E-state index is -0.641. The number of aliphatic hydroxyl groups excluding tert-OH is 1. The first-order chi connectivity index (χ1) is 18.2. The SMILES string of the molecule is CNCC(O)COc1cccc(-c2cc(C(=O)NCc3c(C)cc(C)[nH]c3=O)c3cnn(C(C)C)c3n2)c1. The van der Waals surface area contributed by atoms with Crippen molar-refractivity contribution in [3.05, 3.63) is 75.3 Å². The fourth-order valence-corrected chi connectivity index (χ4v) is 4.33. The van der Waals surface area contributed by atoms with Gasteiger partial charge in [-0.25, -0.2) is 9.67 Å². The molecule has 0 fully saturated rings. The summed E-state index contributed by atoms with van der Waals surface area (Å²) in [5, 5.41) is 20.9. The van der Waals surface area contributed by atoms with Crippen molar-refractivity contribution in [1.29, 1.82) is 0 Å². The number of hydrogen-bond donors (Lipinski definition) is 4. The summed E-state index contributed by atoms with van der Waals surface area (Å²) in [7, 11) is 1.77. The third-order valence-electron chi connectivity index (χ3n) is 6.23. The van der Waals surface area contributed by atoms with Gasteiger partial charge in [0.1, 0.15) is 18.5 Å². The Morgan fingerprint density at radius 3 is 2.71 bits per heavy atom. The molecule has 1 unspecified atom stereocenters. The van der Waals surface area contributed by atoms with Crippen LogP contribution in [0, 0.1) is 13.8 Å². The molecule has 0 saturated heterocycles. The zero-order valence-corrected chi connectivity index (χ0v) is 22.3. The van der Waals surface area contributed by atoms with E-state index in [9.17, 15) is 14.7 Å². The van der Waals surface area contributed by atoms with Crippen LogP contribution in [0.5, 0.6) is 5.75 Å². The number of aliphatic hydroxyl groups is 1. The lowest BCUT2D eigenvalue weighted by atomic mass is 10.1. The van der Waals surface area contributed by atoms with E-state index in [0.29, 0.717) is 40.1 Å². The molecular formula is C28H34N6O4. The van der Waals surface area contributed by atoms with Gasteiger partial charge in [-0.2, -0.15) is 5.10 Å². The third-order valence-corrected chi connectivity index (χ3v) is 6.23. The number of carbonyl (C=O) groups excluding carboxylic acids is 1. The first-order valence-corrected chi connectivity index (χ1v) is 12.6. The van der Waals surface area contributed by atoms with Crippen LogP contribution in [0.2, 0.25) is 0 Å². The highest BCUT2D eigenvalue weighted by Gasteiger charge is 2.19. The Balaban J connectivity index is 1.69. The van der Waals surface area contributed by atoms with E-state index < -0.39 is 6.10 Å². The molecule has 0 spiro atoms. The summed E-state index contributed by atoms with van der Waals surface area (Å²) < 4.78 is 7.54. The number of rotatable bonds is 10. The largest absolute Gasteiger partial charge is 0.491 e. The molecule has 10 heteroatoms. The Labute approximate surface area is 221 Å². The monoisotopic (exact) mass is 518 g/mol. The average Bonchev–Trinajstić information content (AvgIpc) is 3.31. The van der Waals surface area contributed by atoms with Crippen LogP contribution in [-0.4, -0.2) is 57.1 Å². The molecule has 4 rings (SSSR count). The summed E-state index contributed by atoms with van der Waals surface area (Å²) >= 11 is 0. The number of pyridine rings is 2. The van der Waals surface area contributed by atoms with Gasteiger partial charge in [0.05, 0.1) is 22.8 Å². The predicted octanol–water partition coefficient (Wildman–Crippen LogP) is 2.87. The van der Waals surface area contributed by atoms with Gasteiger partial charge in [-0.05, 0) is 64.6 Å². The molecule has 3 heterocycles. The number of ether oxygens (including phenoxy) is 1. The van der Waals surface area contributed by atoms with Crippen LogP contribution < -0.4 is 20.9 Å². The number of nitrogens with one attached hydrogen (secondary N) is 3. The molecular weight excluding hydrogens is 484 g/mol. The number of likely N-dealkylation sites (N-methyl/N-ethyl adjacent to an activating group) is 1. The average molecular weight is 519 g/mol. The first kappa shape index (κ1) is 27.0. The van der Waals surface area contributed by atoms with Crippen molar-refractivity contribution in [1.82, 2.24) is 30.4 Å². The molecule has 1 atom stereocenters. The number of fused-ring (bicyclic) bond motifs is 1. The van der Waals surface area contributed by atoms with Crippen molar-refractivity contribution in [2.24, 2.45) is 0 Å². The lowest BCUT2D eigenvalue weighted by molar-refractivity contribution is 0.0952. The van der Waals surface area contributed by atoms with E-state index in [1.54, 1.807) is 24.0 Å². The predicted molar refractivity (Wildman–Crippen MR) is 146 cm³/mol. The molecule has 0 bridgehead atoms. The van der Waals surface area contributed by atoms with Gasteiger partial charge in [0.2, 0.25) is 0 Å². The quantitative estimate of drug-likeness (QED) is 0.254. The van der Waals surface area contributed by atoms with Crippen LogP contribution >= 0.6 is 0 Å². The van der Waals surface area contributed by atoms with E-state index in [1.165, 1.54) is 0 Å². The second-order valence-electron chi connectivity index (χ2n) is 9.65. The molecule has 200 valence electrons. The van der Waals surface area contributed by atoms with Crippen LogP contribution in [-0.2, 0) is 6.54 Å². The van der Waals surface area contributed by atoms with Crippen molar-refractivity contribution >= 4 is 16.9 Å². The molecule has 0 aliphatic carbocycles. The number of nitrogens with zero attached hydrogens (tertiary/aromatic N) is 3. The van der Waals surface area contributed by atoms with Crippen molar-refractivity contribution in [2.75, 3.05) is 20.2 Å². The number of aryl methyl sites for hydroxylation is 2. The number of hydrogen-bond acceptors (Lipinski definition) is 7. The van der Waals surface area contributed by atoms with E-state index in [2.05, 4.69) is 20.7 Å². The molecule has 0 saturated carbocycles. The fraction of sp³-hybridized carbons (Fsp3) is 0.357. The van der Waals surface area contributed by atoms with Crippen LogP contribution in [0.4, 0.5) is 0 Å². The van der Waals surface area contributed by atoms with Gasteiger partial charge in [0.15, 0.2) is 5.65 Å². The second-order valence-corrected chi connectivity index (χ2v) is 9.65. The number of carbonyl (C=O) groups is 1. The lowest BCUT2D eigenvalue weighted by Gasteiger charge is -2.14. The summed E-state index contributed by atoms with van der Waals surface area (Å²) in [4.78, 5) is 33.5. The van der Waals surface area contributed by atoms with Crippen molar-refractivity contribution in [3.8, 4) is 17.0 Å². The molecule has 0 radical (unpaired) electrons. The first-order valence-electron chi connectivity index (χ1n) is 12.6. The Bertz CT molecular complexity index is 1510. The summed E-state index contributed by atoms with van der Waals surface area (Å²) in [5.74, 6) is 0.251. The topological polar surface area (TPSA) is 134 Å². The summed E-state index contributed by atoms with van der Waals surface area (Å²) in [6.45, 7) is 8.33. The van der Waals surface area contributed by atoms with E-state index in [4.69, 9.17) is 9.72 Å². The van der Waals surface area contributed by atoms with Gasteiger partial charge in [-0.15, -0.1) is 0 Å². The van der Waals surface area contributed by atoms with Crippen molar-refractivity contribution in [2.45, 2.75) is 46.4 Å². The van der Waals surface area contributed by atoms with E-state index in [0.717, 1.165) is 16.8 Å². The van der Waals surface area contributed by atoms with Gasteiger partial charge in [0, 0.05) is 36.0 Å². The second kappa shape index (κ2) is 11.6. The van der Waals surface area contributed by atoms with Crippen LogP contribution in [0.25, 0.3) is 22.3 Å². The van der Waals surface area contributed by atoms with Gasteiger partial charge < -0.3 is 25.5 Å². The third kappa shape index (κ3) is 5.92. The minimum Gasteiger partial charge on any atom is -0.491 e. The Morgan fingerprint density at radius 1 is 1.21 bits per heavy atom. The molecule has 10 nitrogen and oxygen atoms in total. The molecule has 38 heavy (non-hydrogen) atoms.